The minimum absolute atomic E-state index is 0.110. The molecule has 1 aliphatic rings. The Morgan fingerprint density at radius 1 is 0.868 bits per heavy atom. The standard InChI is InChI=1S/C29H29ClN6OS/c30-26-18-27(36-15-13-35(14-16-36)20-23-5-2-1-3-6-23)34-29(33-26)38-21-24-7-4-8-25(17-24)28(37)32-19-22-9-11-31-12-10-22/h1-12,17-18H,13-16,19-21H2,(H,32,37). The molecule has 3 heterocycles. The van der Waals surface area contributed by atoms with Crippen LogP contribution in [-0.2, 0) is 18.8 Å². The van der Waals surface area contributed by atoms with E-state index >= 15 is 0 Å². The van der Waals surface area contributed by atoms with Gasteiger partial charge < -0.3 is 10.2 Å². The first kappa shape index (κ1) is 26.2. The lowest BCUT2D eigenvalue weighted by Gasteiger charge is -2.35. The highest BCUT2D eigenvalue weighted by Gasteiger charge is 2.19. The number of nitrogens with zero attached hydrogens (tertiary/aromatic N) is 5. The number of amides is 1. The molecule has 1 amide bonds. The number of carbonyl (C=O) groups excluding carboxylic acids is 1. The number of aromatic nitrogens is 3. The van der Waals surface area contributed by atoms with Crippen LogP contribution in [0.25, 0.3) is 0 Å². The molecule has 0 bridgehead atoms. The number of piperazine rings is 1. The maximum atomic E-state index is 12.6. The maximum absolute atomic E-state index is 12.6. The van der Waals surface area contributed by atoms with Crippen LogP contribution in [0.15, 0.2) is 90.3 Å². The van der Waals surface area contributed by atoms with E-state index in [0.717, 1.165) is 49.7 Å². The molecule has 5 rings (SSSR count). The van der Waals surface area contributed by atoms with Crippen molar-refractivity contribution in [3.8, 4) is 0 Å². The summed E-state index contributed by atoms with van der Waals surface area (Å²) in [4.78, 5) is 30.6. The van der Waals surface area contributed by atoms with Crippen LogP contribution in [0.5, 0.6) is 0 Å². The van der Waals surface area contributed by atoms with E-state index in [1.807, 2.05) is 42.5 Å². The highest BCUT2D eigenvalue weighted by molar-refractivity contribution is 7.98. The second-order valence-electron chi connectivity index (χ2n) is 9.11. The number of hydrogen-bond donors (Lipinski definition) is 1. The summed E-state index contributed by atoms with van der Waals surface area (Å²) in [6.45, 7) is 5.13. The lowest BCUT2D eigenvalue weighted by atomic mass is 10.1. The minimum Gasteiger partial charge on any atom is -0.354 e. The fraction of sp³-hybridized carbons (Fsp3) is 0.241. The Morgan fingerprint density at radius 3 is 2.42 bits per heavy atom. The summed E-state index contributed by atoms with van der Waals surface area (Å²) in [5.41, 5.74) is 3.98. The molecule has 1 fully saturated rings. The molecule has 38 heavy (non-hydrogen) atoms. The van der Waals surface area contributed by atoms with Gasteiger partial charge >= 0.3 is 0 Å². The van der Waals surface area contributed by atoms with E-state index in [0.29, 0.717) is 28.2 Å². The molecule has 0 unspecified atom stereocenters. The number of anilines is 1. The zero-order chi connectivity index (χ0) is 26.2. The van der Waals surface area contributed by atoms with Gasteiger partial charge in [-0.2, -0.15) is 0 Å². The highest BCUT2D eigenvalue weighted by atomic mass is 35.5. The van der Waals surface area contributed by atoms with Crippen LogP contribution < -0.4 is 10.2 Å². The van der Waals surface area contributed by atoms with Crippen LogP contribution in [-0.4, -0.2) is 51.9 Å². The van der Waals surface area contributed by atoms with Crippen molar-refractivity contribution in [3.05, 3.63) is 113 Å². The van der Waals surface area contributed by atoms with Gasteiger partial charge in [0.05, 0.1) is 0 Å². The van der Waals surface area contributed by atoms with Crippen molar-refractivity contribution in [1.29, 1.82) is 0 Å². The number of carbonyl (C=O) groups is 1. The van der Waals surface area contributed by atoms with Crippen LogP contribution in [0.2, 0.25) is 5.15 Å². The lowest BCUT2D eigenvalue weighted by Crippen LogP contribution is -2.46. The summed E-state index contributed by atoms with van der Waals surface area (Å²) >= 11 is 7.90. The number of pyridine rings is 1. The van der Waals surface area contributed by atoms with Gasteiger partial charge in [-0.05, 0) is 41.0 Å². The molecule has 194 valence electrons. The third-order valence-corrected chi connectivity index (χ3v) is 7.48. The van der Waals surface area contributed by atoms with Gasteiger partial charge in [-0.15, -0.1) is 0 Å². The predicted molar refractivity (Wildman–Crippen MR) is 152 cm³/mol. The second-order valence-corrected chi connectivity index (χ2v) is 10.4. The van der Waals surface area contributed by atoms with Gasteiger partial charge in [-0.3, -0.25) is 14.7 Å². The van der Waals surface area contributed by atoms with E-state index < -0.39 is 0 Å². The highest BCUT2D eigenvalue weighted by Crippen LogP contribution is 2.26. The second kappa shape index (κ2) is 12.9. The molecule has 0 aliphatic carbocycles. The largest absolute Gasteiger partial charge is 0.354 e. The topological polar surface area (TPSA) is 74.2 Å². The molecule has 9 heteroatoms. The van der Waals surface area contributed by atoms with Gasteiger partial charge in [0.25, 0.3) is 5.91 Å². The Balaban J connectivity index is 1.16. The quantitative estimate of drug-likeness (QED) is 0.179. The Hall–Kier alpha value is -3.46. The summed E-state index contributed by atoms with van der Waals surface area (Å²) in [5, 5.41) is 4.03. The number of nitrogens with one attached hydrogen (secondary N) is 1. The minimum atomic E-state index is -0.110. The zero-order valence-electron chi connectivity index (χ0n) is 21.0. The first-order chi connectivity index (χ1) is 18.6. The summed E-state index contributed by atoms with van der Waals surface area (Å²) in [6, 6.07) is 23.8. The van der Waals surface area contributed by atoms with Crippen LogP contribution in [0.1, 0.15) is 27.0 Å². The number of thioether (sulfide) groups is 1. The Bertz CT molecular complexity index is 1350. The Morgan fingerprint density at radius 2 is 1.63 bits per heavy atom. The van der Waals surface area contributed by atoms with Crippen molar-refractivity contribution in [2.75, 3.05) is 31.1 Å². The molecule has 2 aromatic carbocycles. The van der Waals surface area contributed by atoms with Crippen molar-refractivity contribution in [1.82, 2.24) is 25.2 Å². The van der Waals surface area contributed by atoms with Crippen molar-refractivity contribution >= 4 is 35.1 Å². The van der Waals surface area contributed by atoms with E-state index in [-0.39, 0.29) is 5.91 Å². The number of hydrogen-bond acceptors (Lipinski definition) is 7. The van der Waals surface area contributed by atoms with Crippen molar-refractivity contribution in [3.63, 3.8) is 0 Å². The fourth-order valence-electron chi connectivity index (χ4n) is 4.32. The van der Waals surface area contributed by atoms with Crippen LogP contribution in [0.3, 0.4) is 0 Å². The SMILES string of the molecule is O=C(NCc1ccncc1)c1cccc(CSc2nc(Cl)cc(N3CCN(Cc4ccccc4)CC3)n2)c1. The first-order valence-corrected chi connectivity index (χ1v) is 13.9. The van der Waals surface area contributed by atoms with Gasteiger partial charge in [0, 0.05) is 69.0 Å². The molecule has 0 spiro atoms. The van der Waals surface area contributed by atoms with E-state index in [4.69, 9.17) is 16.6 Å². The molecule has 0 atom stereocenters. The predicted octanol–water partition coefficient (Wildman–Crippen LogP) is 5.07. The monoisotopic (exact) mass is 544 g/mol. The maximum Gasteiger partial charge on any atom is 0.251 e. The zero-order valence-corrected chi connectivity index (χ0v) is 22.5. The van der Waals surface area contributed by atoms with Gasteiger partial charge in [-0.1, -0.05) is 65.8 Å². The summed E-state index contributed by atoms with van der Waals surface area (Å²) in [7, 11) is 0. The summed E-state index contributed by atoms with van der Waals surface area (Å²) in [5.74, 6) is 1.38. The average molecular weight is 545 g/mol. The van der Waals surface area contributed by atoms with E-state index in [2.05, 4.69) is 55.4 Å². The summed E-state index contributed by atoms with van der Waals surface area (Å²) < 4.78 is 0. The molecule has 1 N–H and O–H groups in total. The van der Waals surface area contributed by atoms with E-state index in [9.17, 15) is 4.79 Å². The van der Waals surface area contributed by atoms with E-state index in [1.165, 1.54) is 17.3 Å². The molecule has 1 aliphatic heterocycles. The Kier molecular flexibility index (Phi) is 8.86. The third-order valence-electron chi connectivity index (χ3n) is 6.37. The van der Waals surface area contributed by atoms with Crippen LogP contribution >= 0.6 is 23.4 Å². The smallest absolute Gasteiger partial charge is 0.251 e. The van der Waals surface area contributed by atoms with Gasteiger partial charge in [0.2, 0.25) is 0 Å². The van der Waals surface area contributed by atoms with Crippen molar-refractivity contribution < 1.29 is 4.79 Å². The summed E-state index contributed by atoms with van der Waals surface area (Å²) in [6.07, 6.45) is 3.43. The van der Waals surface area contributed by atoms with Crippen LogP contribution in [0.4, 0.5) is 5.82 Å². The van der Waals surface area contributed by atoms with E-state index in [1.54, 1.807) is 12.4 Å². The molecular formula is C29H29ClN6OS. The number of halogens is 1. The average Bonchev–Trinajstić information content (AvgIpc) is 2.96. The first-order valence-electron chi connectivity index (χ1n) is 12.6. The molecular weight excluding hydrogens is 516 g/mol. The normalized spacial score (nSPS) is 13.9. The number of benzene rings is 2. The Labute approximate surface area is 232 Å². The van der Waals surface area contributed by atoms with Gasteiger partial charge in [-0.25, -0.2) is 9.97 Å². The molecule has 7 nitrogen and oxygen atoms in total. The molecule has 2 aromatic heterocycles. The molecule has 0 radical (unpaired) electrons. The van der Waals surface area contributed by atoms with Crippen LogP contribution in [0, 0.1) is 0 Å². The molecule has 1 saturated heterocycles. The number of rotatable bonds is 9. The molecule has 4 aromatic rings. The molecule has 0 saturated carbocycles. The van der Waals surface area contributed by atoms with Gasteiger partial charge in [0.1, 0.15) is 11.0 Å². The van der Waals surface area contributed by atoms with Crippen molar-refractivity contribution in [2.45, 2.75) is 24.0 Å². The van der Waals surface area contributed by atoms with Crippen molar-refractivity contribution in [2.24, 2.45) is 0 Å². The fourth-order valence-corrected chi connectivity index (χ4v) is 5.35. The third kappa shape index (κ3) is 7.31. The lowest BCUT2D eigenvalue weighted by molar-refractivity contribution is 0.0951. The van der Waals surface area contributed by atoms with Gasteiger partial charge in [0.15, 0.2) is 5.16 Å².